The summed E-state index contributed by atoms with van der Waals surface area (Å²) in [6.07, 6.45) is 0. The average Bonchev–Trinajstić information content (AvgIpc) is 3.23. The fraction of sp³-hybridized carbons (Fsp3) is 0.0800. The van der Waals surface area contributed by atoms with Crippen LogP contribution in [-0.2, 0) is 4.79 Å². The SMILES string of the molecule is Cc1cccc(N=c2sc(C3=c4ccccc4=NC3=O)c(O)n2-c2cccc(C)c2)c1. The summed E-state index contributed by atoms with van der Waals surface area (Å²) in [5.74, 6) is -0.367. The summed E-state index contributed by atoms with van der Waals surface area (Å²) in [6.45, 7) is 4.01. The summed E-state index contributed by atoms with van der Waals surface area (Å²) in [7, 11) is 0. The lowest BCUT2D eigenvalue weighted by atomic mass is 10.1. The van der Waals surface area contributed by atoms with E-state index < -0.39 is 0 Å². The predicted molar refractivity (Wildman–Crippen MR) is 121 cm³/mol. The van der Waals surface area contributed by atoms with Crippen LogP contribution < -0.4 is 15.4 Å². The molecule has 31 heavy (non-hydrogen) atoms. The van der Waals surface area contributed by atoms with Gasteiger partial charge >= 0.3 is 0 Å². The molecule has 152 valence electrons. The number of hydrogen-bond donors (Lipinski definition) is 1. The van der Waals surface area contributed by atoms with Gasteiger partial charge in [-0.15, -0.1) is 0 Å². The van der Waals surface area contributed by atoms with Crippen molar-refractivity contribution in [1.82, 2.24) is 4.57 Å². The molecule has 1 aliphatic rings. The molecule has 0 saturated heterocycles. The number of benzene rings is 3. The molecule has 1 aromatic heterocycles. The fourth-order valence-corrected chi connectivity index (χ4v) is 4.80. The third-order valence-electron chi connectivity index (χ3n) is 5.12. The van der Waals surface area contributed by atoms with Gasteiger partial charge in [0, 0.05) is 5.22 Å². The van der Waals surface area contributed by atoms with Crippen molar-refractivity contribution in [2.75, 3.05) is 0 Å². The third kappa shape index (κ3) is 3.41. The minimum absolute atomic E-state index is 0.0164. The van der Waals surface area contributed by atoms with Gasteiger partial charge in [-0.05, 0) is 55.3 Å². The first-order valence-corrected chi connectivity index (χ1v) is 10.7. The summed E-state index contributed by atoms with van der Waals surface area (Å²) in [5, 5.41) is 12.6. The van der Waals surface area contributed by atoms with Crippen LogP contribution in [0.4, 0.5) is 5.69 Å². The molecule has 0 aliphatic carbocycles. The lowest BCUT2D eigenvalue weighted by molar-refractivity contribution is -0.112. The summed E-state index contributed by atoms with van der Waals surface area (Å²) in [5.41, 5.74) is 4.12. The molecular weight excluding hydrogens is 406 g/mol. The van der Waals surface area contributed by atoms with Crippen molar-refractivity contribution in [1.29, 1.82) is 0 Å². The van der Waals surface area contributed by atoms with Crippen LogP contribution in [0.25, 0.3) is 11.3 Å². The Kier molecular flexibility index (Phi) is 4.64. The lowest BCUT2D eigenvalue weighted by Crippen LogP contribution is -2.22. The first kappa shape index (κ1) is 19.2. The number of thiazole rings is 1. The maximum absolute atomic E-state index is 12.8. The second-order valence-electron chi connectivity index (χ2n) is 7.47. The molecule has 2 heterocycles. The zero-order valence-corrected chi connectivity index (χ0v) is 17.9. The quantitative estimate of drug-likeness (QED) is 0.546. The Hall–Kier alpha value is -3.77. The second-order valence-corrected chi connectivity index (χ2v) is 8.45. The van der Waals surface area contributed by atoms with Gasteiger partial charge in [0.25, 0.3) is 5.91 Å². The normalized spacial score (nSPS) is 13.4. The van der Waals surface area contributed by atoms with Crippen LogP contribution in [0.5, 0.6) is 5.88 Å². The van der Waals surface area contributed by atoms with E-state index in [2.05, 4.69) is 4.99 Å². The number of carbonyl (C=O) groups excluding carboxylic acids is 1. The predicted octanol–water partition coefficient (Wildman–Crippen LogP) is 3.45. The molecule has 0 saturated carbocycles. The number of rotatable bonds is 3. The number of amides is 1. The molecule has 6 heteroatoms. The molecule has 3 aromatic carbocycles. The molecule has 1 aliphatic heterocycles. The van der Waals surface area contributed by atoms with Crippen LogP contribution in [0, 0.1) is 13.8 Å². The minimum atomic E-state index is -0.351. The maximum atomic E-state index is 12.8. The summed E-state index contributed by atoms with van der Waals surface area (Å²) >= 11 is 1.28. The van der Waals surface area contributed by atoms with Gasteiger partial charge in [0.1, 0.15) is 4.88 Å². The molecule has 5 rings (SSSR count). The number of hydrogen-bond acceptors (Lipinski definition) is 4. The Labute approximate surface area is 182 Å². The standard InChI is InChI=1S/C25H19N3O2S/c1-15-7-5-9-17(13-15)26-25-28(18-10-6-8-16(2)14-18)24(30)22(31-25)21-19-11-3-4-12-20(19)27-23(21)29/h3-14,30H,1-2H3. The van der Waals surface area contributed by atoms with E-state index in [1.807, 2.05) is 80.6 Å². The average molecular weight is 426 g/mol. The summed E-state index contributed by atoms with van der Waals surface area (Å²) < 4.78 is 1.69. The van der Waals surface area contributed by atoms with Gasteiger partial charge in [0.05, 0.1) is 22.3 Å². The third-order valence-corrected chi connectivity index (χ3v) is 6.17. The molecule has 0 unspecified atom stereocenters. The highest BCUT2D eigenvalue weighted by molar-refractivity contribution is 7.11. The molecule has 1 amide bonds. The van der Waals surface area contributed by atoms with Gasteiger partial charge in [0.2, 0.25) is 5.88 Å². The minimum Gasteiger partial charge on any atom is -0.493 e. The van der Waals surface area contributed by atoms with Crippen molar-refractivity contribution in [3.05, 3.63) is 104 Å². The second kappa shape index (κ2) is 7.49. The number of aromatic nitrogens is 1. The molecule has 5 nitrogen and oxygen atoms in total. The highest BCUT2D eigenvalue weighted by atomic mass is 32.1. The zero-order valence-electron chi connectivity index (χ0n) is 17.0. The monoisotopic (exact) mass is 425 g/mol. The van der Waals surface area contributed by atoms with Gasteiger partial charge in [0.15, 0.2) is 4.80 Å². The number of carbonyl (C=O) groups is 1. The van der Waals surface area contributed by atoms with Crippen LogP contribution in [0.15, 0.2) is 82.8 Å². The maximum Gasteiger partial charge on any atom is 0.279 e. The molecule has 0 radical (unpaired) electrons. The molecule has 0 atom stereocenters. The number of aromatic hydroxyl groups is 1. The lowest BCUT2D eigenvalue weighted by Gasteiger charge is -2.07. The van der Waals surface area contributed by atoms with E-state index in [1.54, 1.807) is 10.6 Å². The van der Waals surface area contributed by atoms with Crippen molar-refractivity contribution >= 4 is 28.5 Å². The van der Waals surface area contributed by atoms with Crippen molar-refractivity contribution in [2.45, 2.75) is 13.8 Å². The Morgan fingerprint density at radius 2 is 1.68 bits per heavy atom. The van der Waals surface area contributed by atoms with E-state index in [-0.39, 0.29) is 11.8 Å². The van der Waals surface area contributed by atoms with Gasteiger partial charge in [-0.1, -0.05) is 53.8 Å². The molecule has 1 N–H and O–H groups in total. The van der Waals surface area contributed by atoms with E-state index in [0.717, 1.165) is 27.7 Å². The van der Waals surface area contributed by atoms with Gasteiger partial charge in [-0.25, -0.2) is 9.98 Å². The van der Waals surface area contributed by atoms with E-state index in [4.69, 9.17) is 4.99 Å². The zero-order chi connectivity index (χ0) is 21.5. The number of nitrogens with zero attached hydrogens (tertiary/aromatic N) is 3. The molecule has 0 spiro atoms. The smallest absolute Gasteiger partial charge is 0.279 e. The number of fused-ring (bicyclic) bond motifs is 1. The van der Waals surface area contributed by atoms with E-state index in [9.17, 15) is 9.90 Å². The van der Waals surface area contributed by atoms with Crippen LogP contribution in [-0.4, -0.2) is 15.6 Å². The van der Waals surface area contributed by atoms with E-state index >= 15 is 0 Å². The Morgan fingerprint density at radius 1 is 0.935 bits per heavy atom. The largest absolute Gasteiger partial charge is 0.493 e. The van der Waals surface area contributed by atoms with Gasteiger partial charge < -0.3 is 5.11 Å². The van der Waals surface area contributed by atoms with Crippen molar-refractivity contribution in [3.8, 4) is 11.6 Å². The Balaban J connectivity index is 1.84. The molecule has 0 bridgehead atoms. The van der Waals surface area contributed by atoms with Crippen molar-refractivity contribution in [2.24, 2.45) is 9.98 Å². The van der Waals surface area contributed by atoms with Crippen molar-refractivity contribution < 1.29 is 9.90 Å². The summed E-state index contributed by atoms with van der Waals surface area (Å²) in [6, 6.07) is 23.0. The van der Waals surface area contributed by atoms with E-state index in [1.165, 1.54) is 11.3 Å². The fourth-order valence-electron chi connectivity index (χ4n) is 3.70. The Morgan fingerprint density at radius 3 is 2.45 bits per heavy atom. The van der Waals surface area contributed by atoms with E-state index in [0.29, 0.717) is 20.6 Å². The van der Waals surface area contributed by atoms with Gasteiger partial charge in [-0.2, -0.15) is 0 Å². The molecule has 4 aromatic rings. The van der Waals surface area contributed by atoms with Crippen LogP contribution in [0.1, 0.15) is 16.0 Å². The van der Waals surface area contributed by atoms with Crippen molar-refractivity contribution in [3.63, 3.8) is 0 Å². The first-order valence-electron chi connectivity index (χ1n) is 9.87. The van der Waals surface area contributed by atoms with Crippen LogP contribution >= 0.6 is 11.3 Å². The first-order chi connectivity index (χ1) is 15.0. The van der Waals surface area contributed by atoms with Gasteiger partial charge in [-0.3, -0.25) is 9.36 Å². The Bertz CT molecular complexity index is 1540. The molecule has 0 fully saturated rings. The highest BCUT2D eigenvalue weighted by Gasteiger charge is 2.26. The molecular formula is C25H19N3O2S. The highest BCUT2D eigenvalue weighted by Crippen LogP contribution is 2.31. The number of aryl methyl sites for hydroxylation is 2. The summed E-state index contributed by atoms with van der Waals surface area (Å²) in [4.78, 5) is 22.8. The number of para-hydroxylation sites is 1. The van der Waals surface area contributed by atoms with Crippen LogP contribution in [0.3, 0.4) is 0 Å². The van der Waals surface area contributed by atoms with Crippen LogP contribution in [0.2, 0.25) is 0 Å². The topological polar surface area (TPSA) is 66.9 Å².